The molecule has 0 bridgehead atoms. The van der Waals surface area contributed by atoms with Crippen molar-refractivity contribution in [3.8, 4) is 5.75 Å². The fourth-order valence-corrected chi connectivity index (χ4v) is 4.19. The number of allylic oxidation sites excluding steroid dienone is 2. The molecule has 1 aliphatic carbocycles. The third-order valence-corrected chi connectivity index (χ3v) is 5.95. The van der Waals surface area contributed by atoms with Crippen LogP contribution in [0.4, 0.5) is 13.2 Å². The number of rotatable bonds is 9. The normalized spacial score (nSPS) is 19.8. The lowest BCUT2D eigenvalue weighted by Gasteiger charge is -2.33. The Morgan fingerprint density at radius 3 is 2.38 bits per heavy atom. The topological polar surface area (TPSA) is 9.23 Å². The summed E-state index contributed by atoms with van der Waals surface area (Å²) in [5, 5.41) is 1.37. The molecule has 2 aromatic rings. The zero-order valence-electron chi connectivity index (χ0n) is 16.8. The molecule has 0 atom stereocenters. The monoisotopic (exact) mass is 402 g/mol. The first-order valence-electron chi connectivity index (χ1n) is 10.4. The smallest absolute Gasteiger partial charge is 0.400 e. The molecule has 0 spiro atoms. The number of fused-ring (bicyclic) bond motifs is 1. The summed E-state index contributed by atoms with van der Waals surface area (Å²) >= 11 is 0. The summed E-state index contributed by atoms with van der Waals surface area (Å²) in [6.45, 7) is 7.38. The van der Waals surface area contributed by atoms with E-state index >= 15 is 0 Å². The van der Waals surface area contributed by atoms with Crippen molar-refractivity contribution in [1.29, 1.82) is 0 Å². The van der Waals surface area contributed by atoms with Crippen molar-refractivity contribution in [2.45, 2.75) is 57.5 Å². The minimum absolute atomic E-state index is 0.0783. The highest BCUT2D eigenvalue weighted by Gasteiger charge is 2.43. The van der Waals surface area contributed by atoms with E-state index in [1.807, 2.05) is 6.08 Å². The van der Waals surface area contributed by atoms with Crippen LogP contribution < -0.4 is 4.74 Å². The molecule has 2 aromatic carbocycles. The van der Waals surface area contributed by atoms with Crippen molar-refractivity contribution in [3.63, 3.8) is 0 Å². The average Bonchev–Trinajstić information content (AvgIpc) is 2.70. The summed E-state index contributed by atoms with van der Waals surface area (Å²) in [7, 11) is 0. The summed E-state index contributed by atoms with van der Waals surface area (Å²) in [5.74, 6) is -0.536. The number of ether oxygens (including phenoxy) is 1. The van der Waals surface area contributed by atoms with Gasteiger partial charge < -0.3 is 4.74 Å². The molecule has 0 unspecified atom stereocenters. The molecule has 0 heterocycles. The van der Waals surface area contributed by atoms with Crippen LogP contribution in [-0.2, 0) is 6.42 Å². The predicted octanol–water partition coefficient (Wildman–Crippen LogP) is 7.84. The van der Waals surface area contributed by atoms with E-state index in [0.29, 0.717) is 42.6 Å². The molecule has 0 saturated heterocycles. The van der Waals surface area contributed by atoms with E-state index in [1.54, 1.807) is 24.3 Å². The second kappa shape index (κ2) is 9.51. The second-order valence-electron chi connectivity index (χ2n) is 8.03. The first kappa shape index (κ1) is 21.5. The molecular formula is C25H29F3O. The molecule has 1 nitrogen and oxygen atoms in total. The summed E-state index contributed by atoms with van der Waals surface area (Å²) in [6, 6.07) is 7.91. The predicted molar refractivity (Wildman–Crippen MR) is 113 cm³/mol. The highest BCUT2D eigenvalue weighted by molar-refractivity contribution is 5.84. The Morgan fingerprint density at radius 1 is 0.966 bits per heavy atom. The standard InChI is InChI=1S/C25H29F3O/c1-3-5-7-18-9-12-22(13-10-18)25(27,28)29-23-14-11-19-15-20(8-6-4-2)24(26)17-21(19)16-23/h3-4,11,14-18,22H,1-2,5-10,12-13H2. The van der Waals surface area contributed by atoms with E-state index in [9.17, 15) is 13.2 Å². The summed E-state index contributed by atoms with van der Waals surface area (Å²) in [6.07, 6.45) is 6.14. The third kappa shape index (κ3) is 5.43. The number of hydrogen-bond donors (Lipinski definition) is 0. The molecule has 1 saturated carbocycles. The van der Waals surface area contributed by atoms with Crippen molar-refractivity contribution in [2.75, 3.05) is 0 Å². The SMILES string of the molecule is C=CCCc1cc2ccc(OC(F)(F)C3CCC(CCC=C)CC3)cc2cc1F. The Morgan fingerprint density at radius 2 is 1.69 bits per heavy atom. The van der Waals surface area contributed by atoms with E-state index in [1.165, 1.54) is 12.1 Å². The van der Waals surface area contributed by atoms with Crippen LogP contribution >= 0.6 is 0 Å². The van der Waals surface area contributed by atoms with Gasteiger partial charge in [-0.15, -0.1) is 13.2 Å². The lowest BCUT2D eigenvalue weighted by molar-refractivity contribution is -0.223. The number of alkyl halides is 2. The molecule has 1 fully saturated rings. The molecule has 4 heteroatoms. The Hall–Kier alpha value is -2.23. The van der Waals surface area contributed by atoms with Gasteiger partial charge in [0.05, 0.1) is 5.92 Å². The molecule has 0 radical (unpaired) electrons. The van der Waals surface area contributed by atoms with Gasteiger partial charge in [-0.05, 0) is 97.9 Å². The fraction of sp³-hybridized carbons (Fsp3) is 0.440. The van der Waals surface area contributed by atoms with Crippen molar-refractivity contribution in [1.82, 2.24) is 0 Å². The number of aryl methyl sites for hydroxylation is 1. The molecule has 1 aliphatic rings. The van der Waals surface area contributed by atoms with Crippen LogP contribution in [-0.4, -0.2) is 6.11 Å². The molecule has 156 valence electrons. The van der Waals surface area contributed by atoms with Crippen LogP contribution in [0.15, 0.2) is 55.6 Å². The molecule has 0 aromatic heterocycles. The first-order valence-corrected chi connectivity index (χ1v) is 10.4. The number of hydrogen-bond acceptors (Lipinski definition) is 1. The van der Waals surface area contributed by atoms with Crippen molar-refractivity contribution >= 4 is 10.8 Å². The quantitative estimate of drug-likeness (QED) is 0.388. The molecule has 3 rings (SSSR count). The van der Waals surface area contributed by atoms with Gasteiger partial charge in [0.1, 0.15) is 11.6 Å². The zero-order chi connectivity index (χ0) is 20.9. The van der Waals surface area contributed by atoms with E-state index in [4.69, 9.17) is 4.74 Å². The Balaban J connectivity index is 1.68. The highest BCUT2D eigenvalue weighted by atomic mass is 19.3. The van der Waals surface area contributed by atoms with Gasteiger partial charge in [-0.25, -0.2) is 4.39 Å². The van der Waals surface area contributed by atoms with Gasteiger partial charge in [0.15, 0.2) is 0 Å². The third-order valence-electron chi connectivity index (χ3n) is 5.95. The maximum Gasteiger partial charge on any atom is 0.400 e. The molecule has 0 amide bonds. The average molecular weight is 403 g/mol. The largest absolute Gasteiger partial charge is 0.432 e. The van der Waals surface area contributed by atoms with Gasteiger partial charge in [0, 0.05) is 0 Å². The van der Waals surface area contributed by atoms with Crippen molar-refractivity contribution in [2.24, 2.45) is 11.8 Å². The van der Waals surface area contributed by atoms with Crippen LogP contribution in [0.25, 0.3) is 10.8 Å². The van der Waals surface area contributed by atoms with Gasteiger partial charge in [-0.1, -0.05) is 18.2 Å². The summed E-state index contributed by atoms with van der Waals surface area (Å²) in [4.78, 5) is 0. The molecule has 0 N–H and O–H groups in total. The summed E-state index contributed by atoms with van der Waals surface area (Å²) < 4.78 is 48.9. The van der Waals surface area contributed by atoms with Gasteiger partial charge >= 0.3 is 6.11 Å². The van der Waals surface area contributed by atoms with Crippen LogP contribution in [0, 0.1) is 17.7 Å². The molecule has 0 aliphatic heterocycles. The van der Waals surface area contributed by atoms with E-state index in [2.05, 4.69) is 13.2 Å². The van der Waals surface area contributed by atoms with Gasteiger partial charge in [0.2, 0.25) is 0 Å². The number of halogens is 3. The minimum Gasteiger partial charge on any atom is -0.432 e. The minimum atomic E-state index is -3.22. The second-order valence-corrected chi connectivity index (χ2v) is 8.03. The Bertz CT molecular complexity index is 851. The lowest BCUT2D eigenvalue weighted by Crippen LogP contribution is -2.37. The van der Waals surface area contributed by atoms with Crippen molar-refractivity contribution < 1.29 is 17.9 Å². The van der Waals surface area contributed by atoms with Crippen LogP contribution in [0.2, 0.25) is 0 Å². The highest BCUT2D eigenvalue weighted by Crippen LogP contribution is 2.41. The zero-order valence-corrected chi connectivity index (χ0v) is 16.8. The Labute approximate surface area is 171 Å². The van der Waals surface area contributed by atoms with Gasteiger partial charge in [0.25, 0.3) is 0 Å². The van der Waals surface area contributed by atoms with E-state index in [0.717, 1.165) is 31.1 Å². The maximum atomic E-state index is 14.7. The van der Waals surface area contributed by atoms with Gasteiger partial charge in [-0.3, -0.25) is 0 Å². The molecule has 29 heavy (non-hydrogen) atoms. The Kier molecular flexibility index (Phi) is 7.05. The summed E-state index contributed by atoms with van der Waals surface area (Å²) in [5.41, 5.74) is 0.601. The van der Waals surface area contributed by atoms with E-state index < -0.39 is 12.0 Å². The van der Waals surface area contributed by atoms with Crippen LogP contribution in [0.5, 0.6) is 5.75 Å². The number of benzene rings is 2. The first-order chi connectivity index (χ1) is 13.9. The van der Waals surface area contributed by atoms with Crippen LogP contribution in [0.1, 0.15) is 50.5 Å². The fourth-order valence-electron chi connectivity index (χ4n) is 4.19. The van der Waals surface area contributed by atoms with E-state index in [-0.39, 0.29) is 11.6 Å². The maximum absolute atomic E-state index is 14.7. The molecular weight excluding hydrogens is 373 g/mol. The van der Waals surface area contributed by atoms with Crippen LogP contribution in [0.3, 0.4) is 0 Å². The van der Waals surface area contributed by atoms with Gasteiger partial charge in [-0.2, -0.15) is 8.78 Å². The van der Waals surface area contributed by atoms with Crippen molar-refractivity contribution in [3.05, 3.63) is 67.0 Å². The lowest BCUT2D eigenvalue weighted by atomic mass is 9.79.